The standard InChI is InChI=1S/C22H28N2O2/c1-19-9-11-21(12-10-19)26-18-22(25)24-16-14-23(15-17-24)13-5-8-20-6-3-2-4-7-20/h2-4,6-7,9-12H,5,8,13-18H2,1H3. The fraction of sp³-hybridized carbons (Fsp3) is 0.409. The van der Waals surface area contributed by atoms with Crippen LogP contribution in [-0.2, 0) is 11.2 Å². The number of carbonyl (C=O) groups is 1. The fourth-order valence-corrected chi connectivity index (χ4v) is 3.24. The molecule has 26 heavy (non-hydrogen) atoms. The van der Waals surface area contributed by atoms with Gasteiger partial charge in [-0.05, 0) is 44.0 Å². The van der Waals surface area contributed by atoms with Gasteiger partial charge >= 0.3 is 0 Å². The maximum absolute atomic E-state index is 12.3. The molecular weight excluding hydrogens is 324 g/mol. The van der Waals surface area contributed by atoms with Crippen LogP contribution in [0, 0.1) is 6.92 Å². The van der Waals surface area contributed by atoms with Gasteiger partial charge in [-0.3, -0.25) is 9.69 Å². The Morgan fingerprint density at radius 2 is 1.65 bits per heavy atom. The number of aryl methyl sites for hydroxylation is 2. The first-order valence-electron chi connectivity index (χ1n) is 9.44. The lowest BCUT2D eigenvalue weighted by atomic mass is 10.1. The van der Waals surface area contributed by atoms with Gasteiger partial charge in [-0.1, -0.05) is 48.0 Å². The first-order chi connectivity index (χ1) is 12.7. The number of ether oxygens (including phenoxy) is 1. The minimum atomic E-state index is 0.0783. The highest BCUT2D eigenvalue weighted by Crippen LogP contribution is 2.12. The van der Waals surface area contributed by atoms with Gasteiger partial charge in [-0.15, -0.1) is 0 Å². The molecule has 0 atom stereocenters. The summed E-state index contributed by atoms with van der Waals surface area (Å²) in [6.07, 6.45) is 2.28. The zero-order valence-corrected chi connectivity index (χ0v) is 15.6. The lowest BCUT2D eigenvalue weighted by Crippen LogP contribution is -2.50. The maximum Gasteiger partial charge on any atom is 0.260 e. The van der Waals surface area contributed by atoms with Gasteiger partial charge in [0.15, 0.2) is 6.61 Å². The fourth-order valence-electron chi connectivity index (χ4n) is 3.24. The molecule has 138 valence electrons. The van der Waals surface area contributed by atoms with E-state index in [4.69, 9.17) is 4.74 Å². The SMILES string of the molecule is Cc1ccc(OCC(=O)N2CCN(CCCc3ccccc3)CC2)cc1. The molecule has 1 heterocycles. The van der Waals surface area contributed by atoms with Crippen LogP contribution in [-0.4, -0.2) is 55.0 Å². The molecule has 0 unspecified atom stereocenters. The van der Waals surface area contributed by atoms with Gasteiger partial charge in [0.1, 0.15) is 5.75 Å². The molecule has 0 aliphatic carbocycles. The van der Waals surface area contributed by atoms with E-state index in [1.54, 1.807) is 0 Å². The van der Waals surface area contributed by atoms with Gasteiger partial charge in [0, 0.05) is 26.2 Å². The Bertz CT molecular complexity index is 677. The summed E-state index contributed by atoms with van der Waals surface area (Å²) in [5, 5.41) is 0. The van der Waals surface area contributed by atoms with Crippen molar-refractivity contribution in [1.82, 2.24) is 9.80 Å². The number of nitrogens with zero attached hydrogens (tertiary/aromatic N) is 2. The topological polar surface area (TPSA) is 32.8 Å². The number of amides is 1. The van der Waals surface area contributed by atoms with Crippen LogP contribution in [0.5, 0.6) is 5.75 Å². The van der Waals surface area contributed by atoms with Crippen molar-refractivity contribution in [1.29, 1.82) is 0 Å². The van der Waals surface area contributed by atoms with Crippen molar-refractivity contribution in [2.24, 2.45) is 0 Å². The molecule has 0 bridgehead atoms. The van der Waals surface area contributed by atoms with Crippen LogP contribution < -0.4 is 4.74 Å². The summed E-state index contributed by atoms with van der Waals surface area (Å²) in [7, 11) is 0. The average molecular weight is 352 g/mol. The van der Waals surface area contributed by atoms with E-state index in [1.165, 1.54) is 11.1 Å². The summed E-state index contributed by atoms with van der Waals surface area (Å²) < 4.78 is 5.61. The van der Waals surface area contributed by atoms with Crippen LogP contribution in [0.4, 0.5) is 0 Å². The van der Waals surface area contributed by atoms with E-state index >= 15 is 0 Å². The molecule has 1 fully saturated rings. The summed E-state index contributed by atoms with van der Waals surface area (Å²) in [5.41, 5.74) is 2.58. The Hall–Kier alpha value is -2.33. The summed E-state index contributed by atoms with van der Waals surface area (Å²) in [6, 6.07) is 18.4. The molecule has 1 amide bonds. The molecule has 1 aliphatic heterocycles. The van der Waals surface area contributed by atoms with Gasteiger partial charge in [0.25, 0.3) is 5.91 Å². The van der Waals surface area contributed by atoms with Gasteiger partial charge in [-0.25, -0.2) is 0 Å². The number of rotatable bonds is 7. The lowest BCUT2D eigenvalue weighted by Gasteiger charge is -2.34. The Labute approximate surface area is 156 Å². The van der Waals surface area contributed by atoms with E-state index in [9.17, 15) is 4.79 Å². The van der Waals surface area contributed by atoms with Crippen LogP contribution in [0.1, 0.15) is 17.5 Å². The van der Waals surface area contributed by atoms with Crippen LogP contribution in [0.2, 0.25) is 0 Å². The van der Waals surface area contributed by atoms with Crippen LogP contribution >= 0.6 is 0 Å². The molecule has 0 N–H and O–H groups in total. The van der Waals surface area contributed by atoms with Crippen molar-refractivity contribution < 1.29 is 9.53 Å². The van der Waals surface area contributed by atoms with Crippen LogP contribution in [0.3, 0.4) is 0 Å². The third-order valence-electron chi connectivity index (χ3n) is 4.89. The van der Waals surface area contributed by atoms with Crippen molar-refractivity contribution in [2.75, 3.05) is 39.3 Å². The number of hydrogen-bond acceptors (Lipinski definition) is 3. The smallest absolute Gasteiger partial charge is 0.260 e. The van der Waals surface area contributed by atoms with E-state index in [0.717, 1.165) is 51.3 Å². The highest BCUT2D eigenvalue weighted by molar-refractivity contribution is 5.77. The molecule has 1 aliphatic rings. The summed E-state index contributed by atoms with van der Waals surface area (Å²) in [6.45, 7) is 6.74. The maximum atomic E-state index is 12.3. The zero-order valence-electron chi connectivity index (χ0n) is 15.6. The average Bonchev–Trinajstić information content (AvgIpc) is 2.69. The van der Waals surface area contributed by atoms with Gasteiger partial charge in [0.2, 0.25) is 0 Å². The Balaban J connectivity index is 1.33. The second-order valence-corrected chi connectivity index (χ2v) is 6.91. The van der Waals surface area contributed by atoms with Crippen molar-refractivity contribution in [2.45, 2.75) is 19.8 Å². The number of benzene rings is 2. The van der Waals surface area contributed by atoms with E-state index in [0.29, 0.717) is 0 Å². The summed E-state index contributed by atoms with van der Waals surface area (Å²) in [5.74, 6) is 0.831. The van der Waals surface area contributed by atoms with Crippen molar-refractivity contribution in [3.05, 3.63) is 65.7 Å². The molecule has 2 aromatic carbocycles. The molecular formula is C22H28N2O2. The van der Waals surface area contributed by atoms with E-state index in [2.05, 4.69) is 35.2 Å². The first-order valence-corrected chi connectivity index (χ1v) is 9.44. The van der Waals surface area contributed by atoms with Crippen molar-refractivity contribution >= 4 is 5.91 Å². The second kappa shape index (κ2) is 9.39. The molecule has 2 aromatic rings. The van der Waals surface area contributed by atoms with Gasteiger partial charge in [-0.2, -0.15) is 0 Å². The highest BCUT2D eigenvalue weighted by atomic mass is 16.5. The molecule has 1 saturated heterocycles. The lowest BCUT2D eigenvalue weighted by molar-refractivity contribution is -0.135. The number of hydrogen-bond donors (Lipinski definition) is 0. The minimum Gasteiger partial charge on any atom is -0.484 e. The van der Waals surface area contributed by atoms with Gasteiger partial charge < -0.3 is 9.64 Å². The largest absolute Gasteiger partial charge is 0.484 e. The second-order valence-electron chi connectivity index (χ2n) is 6.91. The first kappa shape index (κ1) is 18.5. The Morgan fingerprint density at radius 3 is 2.35 bits per heavy atom. The Kier molecular flexibility index (Phi) is 6.67. The number of piperazine rings is 1. The summed E-state index contributed by atoms with van der Waals surface area (Å²) >= 11 is 0. The minimum absolute atomic E-state index is 0.0783. The van der Waals surface area contributed by atoms with E-state index in [-0.39, 0.29) is 12.5 Å². The molecule has 0 aromatic heterocycles. The number of carbonyl (C=O) groups excluding carboxylic acids is 1. The zero-order chi connectivity index (χ0) is 18.2. The third kappa shape index (κ3) is 5.60. The highest BCUT2D eigenvalue weighted by Gasteiger charge is 2.21. The molecule has 0 saturated carbocycles. The molecule has 0 radical (unpaired) electrons. The van der Waals surface area contributed by atoms with E-state index < -0.39 is 0 Å². The van der Waals surface area contributed by atoms with Crippen LogP contribution in [0.25, 0.3) is 0 Å². The molecule has 4 nitrogen and oxygen atoms in total. The monoisotopic (exact) mass is 352 g/mol. The predicted molar refractivity (Wildman–Crippen MR) is 104 cm³/mol. The van der Waals surface area contributed by atoms with Crippen LogP contribution in [0.15, 0.2) is 54.6 Å². The van der Waals surface area contributed by atoms with Crippen molar-refractivity contribution in [3.8, 4) is 5.75 Å². The Morgan fingerprint density at radius 1 is 0.962 bits per heavy atom. The van der Waals surface area contributed by atoms with E-state index in [1.807, 2.05) is 36.1 Å². The molecule has 4 heteroatoms. The summed E-state index contributed by atoms with van der Waals surface area (Å²) in [4.78, 5) is 16.7. The van der Waals surface area contributed by atoms with Crippen molar-refractivity contribution in [3.63, 3.8) is 0 Å². The normalized spacial score (nSPS) is 15.0. The predicted octanol–water partition coefficient (Wildman–Crippen LogP) is 3.15. The molecule has 0 spiro atoms. The molecule has 3 rings (SSSR count). The third-order valence-corrected chi connectivity index (χ3v) is 4.89. The van der Waals surface area contributed by atoms with Gasteiger partial charge in [0.05, 0.1) is 0 Å². The quantitative estimate of drug-likeness (QED) is 0.767.